The minimum Gasteiger partial charge on any atom is -0.493 e. The predicted molar refractivity (Wildman–Crippen MR) is 109 cm³/mol. The van der Waals surface area contributed by atoms with Gasteiger partial charge in [0.25, 0.3) is 5.91 Å². The van der Waals surface area contributed by atoms with E-state index in [1.165, 1.54) is 21.3 Å². The number of ketones is 1. The Balaban J connectivity index is 1.63. The summed E-state index contributed by atoms with van der Waals surface area (Å²) < 4.78 is 16.0. The van der Waals surface area contributed by atoms with Gasteiger partial charge in [0, 0.05) is 37.3 Å². The summed E-state index contributed by atoms with van der Waals surface area (Å²) in [5, 5.41) is 0. The number of carbonyl (C=O) groups excluding carboxylic acids is 2. The molecule has 0 unspecified atom stereocenters. The summed E-state index contributed by atoms with van der Waals surface area (Å²) in [7, 11) is 4.57. The highest BCUT2D eigenvalue weighted by molar-refractivity contribution is 5.98. The van der Waals surface area contributed by atoms with Crippen molar-refractivity contribution in [2.45, 2.75) is 0 Å². The molecule has 0 bridgehead atoms. The maximum atomic E-state index is 13.0. The molecule has 1 fully saturated rings. The van der Waals surface area contributed by atoms with Gasteiger partial charge in [-0.25, -0.2) is 0 Å². The zero-order valence-corrected chi connectivity index (χ0v) is 17.0. The van der Waals surface area contributed by atoms with E-state index in [4.69, 9.17) is 14.2 Å². The van der Waals surface area contributed by atoms with E-state index in [1.54, 1.807) is 17.0 Å². The monoisotopic (exact) mass is 398 g/mol. The molecular weight excluding hydrogens is 372 g/mol. The number of hydrogen-bond donors (Lipinski definition) is 0. The fourth-order valence-electron chi connectivity index (χ4n) is 3.41. The van der Waals surface area contributed by atoms with Gasteiger partial charge >= 0.3 is 0 Å². The van der Waals surface area contributed by atoms with Crippen molar-refractivity contribution in [3.05, 3.63) is 53.6 Å². The van der Waals surface area contributed by atoms with Crippen molar-refractivity contribution in [1.29, 1.82) is 0 Å². The van der Waals surface area contributed by atoms with Crippen molar-refractivity contribution in [3.63, 3.8) is 0 Å². The van der Waals surface area contributed by atoms with Crippen LogP contribution in [0.2, 0.25) is 0 Å². The molecule has 2 aromatic rings. The van der Waals surface area contributed by atoms with E-state index in [-0.39, 0.29) is 11.7 Å². The molecule has 1 amide bonds. The maximum absolute atomic E-state index is 13.0. The van der Waals surface area contributed by atoms with Crippen LogP contribution in [0.15, 0.2) is 42.5 Å². The zero-order chi connectivity index (χ0) is 20.8. The van der Waals surface area contributed by atoms with E-state index in [9.17, 15) is 9.59 Å². The van der Waals surface area contributed by atoms with Crippen LogP contribution in [-0.2, 0) is 0 Å². The number of amides is 1. The number of hydrogen-bond acceptors (Lipinski definition) is 6. The molecule has 0 aromatic heterocycles. The molecule has 0 aliphatic carbocycles. The number of nitrogens with zero attached hydrogens (tertiary/aromatic N) is 2. The lowest BCUT2D eigenvalue weighted by Crippen LogP contribution is -2.49. The first kappa shape index (κ1) is 20.7. The van der Waals surface area contributed by atoms with Crippen molar-refractivity contribution in [3.8, 4) is 17.2 Å². The number of carbonyl (C=O) groups is 2. The summed E-state index contributed by atoms with van der Waals surface area (Å²) in [5.41, 5.74) is 1.19. The first-order valence-corrected chi connectivity index (χ1v) is 9.47. The van der Waals surface area contributed by atoms with Crippen molar-refractivity contribution in [2.75, 3.05) is 54.1 Å². The van der Waals surface area contributed by atoms with E-state index in [2.05, 4.69) is 4.90 Å². The Bertz CT molecular complexity index is 836. The van der Waals surface area contributed by atoms with Gasteiger partial charge in [0.05, 0.1) is 27.9 Å². The van der Waals surface area contributed by atoms with Crippen LogP contribution in [0.5, 0.6) is 17.2 Å². The summed E-state index contributed by atoms with van der Waals surface area (Å²) in [6.07, 6.45) is 0. The van der Waals surface area contributed by atoms with E-state index in [0.29, 0.717) is 61.1 Å². The Hall–Kier alpha value is -3.06. The highest BCUT2D eigenvalue weighted by Gasteiger charge is 2.25. The van der Waals surface area contributed by atoms with Gasteiger partial charge in [-0.3, -0.25) is 14.5 Å². The average Bonchev–Trinajstić information content (AvgIpc) is 2.78. The van der Waals surface area contributed by atoms with Crippen molar-refractivity contribution in [2.24, 2.45) is 0 Å². The molecular formula is C22H26N2O5. The minimum atomic E-state index is -0.0988. The largest absolute Gasteiger partial charge is 0.493 e. The van der Waals surface area contributed by atoms with Gasteiger partial charge in [-0.05, 0) is 12.1 Å². The summed E-state index contributed by atoms with van der Waals surface area (Å²) in [5.74, 6) is 1.34. The maximum Gasteiger partial charge on any atom is 0.254 e. The Labute approximate surface area is 170 Å². The molecule has 1 aliphatic rings. The first-order chi connectivity index (χ1) is 14.1. The second-order valence-corrected chi connectivity index (χ2v) is 6.77. The Morgan fingerprint density at radius 1 is 0.828 bits per heavy atom. The normalized spacial score (nSPS) is 14.4. The Morgan fingerprint density at radius 2 is 1.41 bits per heavy atom. The number of ether oxygens (including phenoxy) is 3. The lowest BCUT2D eigenvalue weighted by molar-refractivity contribution is 0.0623. The lowest BCUT2D eigenvalue weighted by atomic mass is 10.1. The third-order valence-electron chi connectivity index (χ3n) is 5.03. The molecule has 2 aromatic carbocycles. The van der Waals surface area contributed by atoms with Gasteiger partial charge in [-0.1, -0.05) is 30.3 Å². The van der Waals surface area contributed by atoms with Gasteiger partial charge in [0.2, 0.25) is 5.75 Å². The third-order valence-corrected chi connectivity index (χ3v) is 5.03. The van der Waals surface area contributed by atoms with Crippen LogP contribution in [0.4, 0.5) is 0 Å². The van der Waals surface area contributed by atoms with Gasteiger partial charge in [-0.15, -0.1) is 0 Å². The summed E-state index contributed by atoms with van der Waals surface area (Å²) in [6.45, 7) is 2.76. The quantitative estimate of drug-likeness (QED) is 0.667. The summed E-state index contributed by atoms with van der Waals surface area (Å²) >= 11 is 0. The van der Waals surface area contributed by atoms with Crippen LogP contribution < -0.4 is 14.2 Å². The number of Topliss-reactive ketones (excluding diaryl/α,β-unsaturated/α-hetero) is 1. The van der Waals surface area contributed by atoms with E-state index >= 15 is 0 Å². The molecule has 0 spiro atoms. The van der Waals surface area contributed by atoms with E-state index < -0.39 is 0 Å². The second-order valence-electron chi connectivity index (χ2n) is 6.77. The standard InChI is InChI=1S/C22H26N2O5/c1-27-19-13-17(14-20(28-2)21(19)29-3)22(26)24-11-9-23(10-12-24)15-18(25)16-7-5-4-6-8-16/h4-8,13-14H,9-12,15H2,1-3H3. The van der Waals surface area contributed by atoms with Gasteiger partial charge in [0.15, 0.2) is 17.3 Å². The van der Waals surface area contributed by atoms with E-state index in [1.807, 2.05) is 30.3 Å². The lowest BCUT2D eigenvalue weighted by Gasteiger charge is -2.34. The minimum absolute atomic E-state index is 0.0926. The highest BCUT2D eigenvalue weighted by Crippen LogP contribution is 2.38. The van der Waals surface area contributed by atoms with Crippen LogP contribution in [-0.4, -0.2) is 75.5 Å². The summed E-state index contributed by atoms with van der Waals surface area (Å²) in [6, 6.07) is 12.6. The summed E-state index contributed by atoms with van der Waals surface area (Å²) in [4.78, 5) is 29.2. The molecule has 7 nitrogen and oxygen atoms in total. The molecule has 3 rings (SSSR count). The molecule has 154 valence electrons. The molecule has 7 heteroatoms. The molecule has 0 radical (unpaired) electrons. The molecule has 0 atom stereocenters. The fourth-order valence-corrected chi connectivity index (χ4v) is 3.41. The van der Waals surface area contributed by atoms with Gasteiger partial charge in [0.1, 0.15) is 0 Å². The third kappa shape index (κ3) is 4.68. The van der Waals surface area contributed by atoms with Crippen molar-refractivity contribution in [1.82, 2.24) is 9.80 Å². The van der Waals surface area contributed by atoms with Crippen LogP contribution in [0.1, 0.15) is 20.7 Å². The van der Waals surface area contributed by atoms with Crippen LogP contribution in [0.3, 0.4) is 0 Å². The predicted octanol–water partition coefficient (Wildman–Crippen LogP) is 2.35. The Morgan fingerprint density at radius 3 is 1.93 bits per heavy atom. The molecule has 1 heterocycles. The van der Waals surface area contributed by atoms with Gasteiger partial charge < -0.3 is 19.1 Å². The highest BCUT2D eigenvalue weighted by atomic mass is 16.5. The smallest absolute Gasteiger partial charge is 0.254 e. The topological polar surface area (TPSA) is 68.3 Å². The second kappa shape index (κ2) is 9.43. The molecule has 29 heavy (non-hydrogen) atoms. The fraction of sp³-hybridized carbons (Fsp3) is 0.364. The first-order valence-electron chi connectivity index (χ1n) is 9.47. The van der Waals surface area contributed by atoms with E-state index in [0.717, 1.165) is 0 Å². The van der Waals surface area contributed by atoms with Gasteiger partial charge in [-0.2, -0.15) is 0 Å². The van der Waals surface area contributed by atoms with Crippen molar-refractivity contribution >= 4 is 11.7 Å². The molecule has 0 N–H and O–H groups in total. The molecule has 1 saturated heterocycles. The molecule has 1 aliphatic heterocycles. The average molecular weight is 398 g/mol. The number of rotatable bonds is 7. The Kier molecular flexibility index (Phi) is 6.72. The van der Waals surface area contributed by atoms with Crippen molar-refractivity contribution < 1.29 is 23.8 Å². The number of methoxy groups -OCH3 is 3. The molecule has 0 saturated carbocycles. The number of benzene rings is 2. The van der Waals surface area contributed by atoms with Crippen LogP contribution in [0, 0.1) is 0 Å². The van der Waals surface area contributed by atoms with Crippen LogP contribution in [0.25, 0.3) is 0 Å². The zero-order valence-electron chi connectivity index (χ0n) is 17.0. The number of piperazine rings is 1. The van der Waals surface area contributed by atoms with Crippen LogP contribution >= 0.6 is 0 Å². The SMILES string of the molecule is COc1cc(C(=O)N2CCN(CC(=O)c3ccccc3)CC2)cc(OC)c1OC.